The highest BCUT2D eigenvalue weighted by molar-refractivity contribution is 7.21. The van der Waals surface area contributed by atoms with Crippen molar-refractivity contribution in [1.82, 2.24) is 10.2 Å². The van der Waals surface area contributed by atoms with Crippen LogP contribution in [-0.2, 0) is 0 Å². The third-order valence-electron chi connectivity index (χ3n) is 4.63. The molecule has 3 aromatic rings. The number of fused-ring (bicyclic) bond motifs is 1. The van der Waals surface area contributed by atoms with Crippen LogP contribution in [0, 0.1) is 0 Å². The van der Waals surface area contributed by atoms with E-state index < -0.39 is 0 Å². The second-order valence-electron chi connectivity index (χ2n) is 6.29. The summed E-state index contributed by atoms with van der Waals surface area (Å²) in [4.78, 5) is 27.3. The molecule has 134 valence electrons. The largest absolute Gasteiger partial charge is 0.472 e. The number of piperidine rings is 1. The van der Waals surface area contributed by atoms with Gasteiger partial charge in [0.15, 0.2) is 0 Å². The lowest BCUT2D eigenvalue weighted by atomic mass is 10.0. The van der Waals surface area contributed by atoms with Gasteiger partial charge in [0.1, 0.15) is 11.1 Å². The molecule has 1 aliphatic rings. The molecule has 4 rings (SSSR count). The fourth-order valence-corrected chi connectivity index (χ4v) is 4.63. The topological polar surface area (TPSA) is 62.6 Å². The minimum absolute atomic E-state index is 0.0314. The van der Waals surface area contributed by atoms with Crippen molar-refractivity contribution >= 4 is 44.8 Å². The molecule has 0 saturated carbocycles. The molecule has 26 heavy (non-hydrogen) atoms. The summed E-state index contributed by atoms with van der Waals surface area (Å²) in [5, 5.41) is 4.48. The number of benzene rings is 1. The zero-order valence-electron chi connectivity index (χ0n) is 13.9. The Labute approximate surface area is 159 Å². The maximum atomic E-state index is 12.6. The van der Waals surface area contributed by atoms with Crippen LogP contribution in [0.1, 0.15) is 32.9 Å². The molecule has 0 unspecified atom stereocenters. The van der Waals surface area contributed by atoms with Gasteiger partial charge in [0, 0.05) is 29.2 Å². The van der Waals surface area contributed by atoms with Crippen molar-refractivity contribution in [2.75, 3.05) is 13.1 Å². The number of rotatable bonds is 3. The van der Waals surface area contributed by atoms with Gasteiger partial charge in [-0.1, -0.05) is 29.8 Å². The van der Waals surface area contributed by atoms with E-state index in [1.165, 1.54) is 23.9 Å². The first-order valence-corrected chi connectivity index (χ1v) is 9.62. The average Bonchev–Trinajstić information content (AvgIpc) is 3.31. The average molecular weight is 389 g/mol. The lowest BCUT2D eigenvalue weighted by molar-refractivity contribution is 0.0698. The van der Waals surface area contributed by atoms with Gasteiger partial charge in [0.2, 0.25) is 0 Å². The molecule has 2 aromatic heterocycles. The lowest BCUT2D eigenvalue weighted by Gasteiger charge is -2.32. The Morgan fingerprint density at radius 2 is 1.96 bits per heavy atom. The van der Waals surface area contributed by atoms with Gasteiger partial charge in [-0.2, -0.15) is 0 Å². The number of likely N-dealkylation sites (tertiary alicyclic amines) is 1. The Hall–Kier alpha value is -2.31. The van der Waals surface area contributed by atoms with Crippen molar-refractivity contribution in [2.45, 2.75) is 18.9 Å². The van der Waals surface area contributed by atoms with Crippen LogP contribution in [-0.4, -0.2) is 35.8 Å². The third kappa shape index (κ3) is 3.22. The second-order valence-corrected chi connectivity index (χ2v) is 7.72. The highest BCUT2D eigenvalue weighted by Gasteiger charge is 2.26. The van der Waals surface area contributed by atoms with E-state index in [9.17, 15) is 9.59 Å². The van der Waals surface area contributed by atoms with Crippen LogP contribution in [0.25, 0.3) is 10.1 Å². The maximum absolute atomic E-state index is 12.6. The van der Waals surface area contributed by atoms with Gasteiger partial charge >= 0.3 is 0 Å². The summed E-state index contributed by atoms with van der Waals surface area (Å²) in [7, 11) is 0. The van der Waals surface area contributed by atoms with Crippen LogP contribution in [0.4, 0.5) is 0 Å². The van der Waals surface area contributed by atoms with Crippen molar-refractivity contribution in [3.63, 3.8) is 0 Å². The number of furan rings is 1. The number of hydrogen-bond acceptors (Lipinski definition) is 4. The van der Waals surface area contributed by atoms with Gasteiger partial charge in [0.25, 0.3) is 11.8 Å². The fourth-order valence-electron chi connectivity index (χ4n) is 3.21. The number of halogens is 1. The molecule has 0 atom stereocenters. The maximum Gasteiger partial charge on any atom is 0.263 e. The SMILES string of the molecule is O=C(NC1CCN(C(=O)c2ccoc2)CC1)c1sc2ccccc2c1Cl. The van der Waals surface area contributed by atoms with E-state index in [0.717, 1.165) is 22.9 Å². The molecule has 0 spiro atoms. The Kier molecular flexibility index (Phi) is 4.70. The van der Waals surface area contributed by atoms with Gasteiger partial charge < -0.3 is 14.6 Å². The monoisotopic (exact) mass is 388 g/mol. The van der Waals surface area contributed by atoms with E-state index in [2.05, 4.69) is 5.32 Å². The summed E-state index contributed by atoms with van der Waals surface area (Å²) >= 11 is 7.78. The van der Waals surface area contributed by atoms with Crippen molar-refractivity contribution < 1.29 is 14.0 Å². The summed E-state index contributed by atoms with van der Waals surface area (Å²) < 4.78 is 5.97. The van der Waals surface area contributed by atoms with E-state index >= 15 is 0 Å². The number of hydrogen-bond donors (Lipinski definition) is 1. The zero-order valence-corrected chi connectivity index (χ0v) is 15.5. The van der Waals surface area contributed by atoms with E-state index in [-0.39, 0.29) is 17.9 Å². The summed E-state index contributed by atoms with van der Waals surface area (Å²) in [5.74, 6) is -0.174. The molecular formula is C19H17ClN2O3S. The second kappa shape index (κ2) is 7.13. The van der Waals surface area contributed by atoms with E-state index in [1.807, 2.05) is 24.3 Å². The molecule has 1 saturated heterocycles. The minimum Gasteiger partial charge on any atom is -0.472 e. The predicted molar refractivity (Wildman–Crippen MR) is 102 cm³/mol. The molecule has 5 nitrogen and oxygen atoms in total. The number of carbonyl (C=O) groups excluding carboxylic acids is 2. The van der Waals surface area contributed by atoms with E-state index in [0.29, 0.717) is 28.6 Å². The molecular weight excluding hydrogens is 372 g/mol. The van der Waals surface area contributed by atoms with Crippen LogP contribution < -0.4 is 5.32 Å². The van der Waals surface area contributed by atoms with Crippen LogP contribution in [0.15, 0.2) is 47.3 Å². The van der Waals surface area contributed by atoms with Crippen molar-refractivity contribution in [2.24, 2.45) is 0 Å². The fraction of sp³-hybridized carbons (Fsp3) is 0.263. The van der Waals surface area contributed by atoms with Crippen LogP contribution in [0.3, 0.4) is 0 Å². The summed E-state index contributed by atoms with van der Waals surface area (Å²) in [5.41, 5.74) is 0.560. The molecule has 0 aliphatic carbocycles. The summed E-state index contributed by atoms with van der Waals surface area (Å²) in [6, 6.07) is 9.43. The minimum atomic E-state index is -0.143. The predicted octanol–water partition coefficient (Wildman–Crippen LogP) is 4.18. The van der Waals surface area contributed by atoms with Crippen LogP contribution in [0.2, 0.25) is 5.02 Å². The number of thiophene rings is 1. The summed E-state index contributed by atoms with van der Waals surface area (Å²) in [6.45, 7) is 1.21. The Balaban J connectivity index is 1.38. The Bertz CT molecular complexity index is 943. The van der Waals surface area contributed by atoms with E-state index in [1.54, 1.807) is 11.0 Å². The van der Waals surface area contributed by atoms with Gasteiger partial charge in [-0.3, -0.25) is 9.59 Å². The van der Waals surface area contributed by atoms with Gasteiger partial charge in [-0.05, 0) is 25.0 Å². The first-order chi connectivity index (χ1) is 12.6. The first-order valence-electron chi connectivity index (χ1n) is 8.43. The molecule has 1 aromatic carbocycles. The molecule has 0 radical (unpaired) electrons. The molecule has 0 bridgehead atoms. The third-order valence-corrected chi connectivity index (χ3v) is 6.30. The van der Waals surface area contributed by atoms with Gasteiger partial charge in [0.05, 0.1) is 16.8 Å². The lowest BCUT2D eigenvalue weighted by Crippen LogP contribution is -2.46. The zero-order chi connectivity index (χ0) is 18.1. The Morgan fingerprint density at radius 1 is 1.19 bits per heavy atom. The van der Waals surface area contributed by atoms with Crippen LogP contribution in [0.5, 0.6) is 0 Å². The molecule has 3 heterocycles. The highest BCUT2D eigenvalue weighted by Crippen LogP contribution is 2.35. The van der Waals surface area contributed by atoms with Crippen molar-refractivity contribution in [3.8, 4) is 0 Å². The van der Waals surface area contributed by atoms with Gasteiger partial charge in [-0.15, -0.1) is 11.3 Å². The number of nitrogens with one attached hydrogen (secondary N) is 1. The van der Waals surface area contributed by atoms with Crippen molar-refractivity contribution in [1.29, 1.82) is 0 Å². The summed E-state index contributed by atoms with van der Waals surface area (Å²) in [6.07, 6.45) is 4.39. The van der Waals surface area contributed by atoms with E-state index in [4.69, 9.17) is 16.0 Å². The molecule has 2 amide bonds. The quantitative estimate of drug-likeness (QED) is 0.732. The van der Waals surface area contributed by atoms with Crippen LogP contribution >= 0.6 is 22.9 Å². The molecule has 1 fully saturated rings. The standard InChI is InChI=1S/C19H17ClN2O3S/c20-16-14-3-1-2-4-15(14)26-17(16)18(23)21-13-5-8-22(9-6-13)19(24)12-7-10-25-11-12/h1-4,7,10-11,13H,5-6,8-9H2,(H,21,23). The number of nitrogens with zero attached hydrogens (tertiary/aromatic N) is 1. The highest BCUT2D eigenvalue weighted by atomic mass is 35.5. The normalized spacial score (nSPS) is 15.3. The molecule has 7 heteroatoms. The first kappa shape index (κ1) is 17.1. The van der Waals surface area contributed by atoms with Crippen molar-refractivity contribution in [3.05, 3.63) is 58.3 Å². The molecule has 1 aliphatic heterocycles. The number of amides is 2. The smallest absolute Gasteiger partial charge is 0.263 e. The Morgan fingerprint density at radius 3 is 2.65 bits per heavy atom. The van der Waals surface area contributed by atoms with Gasteiger partial charge in [-0.25, -0.2) is 0 Å². The number of carbonyl (C=O) groups is 2. The molecule has 1 N–H and O–H groups in total.